The maximum atomic E-state index is 5.75. The smallest absolute Gasteiger partial charge is 0.134 e. The van der Waals surface area contributed by atoms with E-state index in [1.807, 2.05) is 6.92 Å². The summed E-state index contributed by atoms with van der Waals surface area (Å²) in [5, 5.41) is 3.55. The van der Waals surface area contributed by atoms with E-state index in [-0.39, 0.29) is 0 Å². The van der Waals surface area contributed by atoms with E-state index in [4.69, 9.17) is 11.6 Å². The van der Waals surface area contributed by atoms with Crippen LogP contribution in [0, 0.1) is 6.92 Å². The number of rotatable bonds is 3. The van der Waals surface area contributed by atoms with Gasteiger partial charge in [-0.05, 0) is 13.8 Å². The summed E-state index contributed by atoms with van der Waals surface area (Å²) in [6.45, 7) is 8.23. The van der Waals surface area contributed by atoms with Gasteiger partial charge in [0.25, 0.3) is 0 Å². The Morgan fingerprint density at radius 3 is 2.85 bits per heavy atom. The van der Waals surface area contributed by atoms with Gasteiger partial charge in [0.1, 0.15) is 16.8 Å². The van der Waals surface area contributed by atoms with Crippen molar-refractivity contribution in [3.05, 3.63) is 29.2 Å². The molecule has 0 unspecified atom stereocenters. The SMILES string of the molecule is C=C(C)CNc1cc(Cl)nc(C)n1. The van der Waals surface area contributed by atoms with Gasteiger partial charge in [-0.1, -0.05) is 23.8 Å². The van der Waals surface area contributed by atoms with Crippen LogP contribution >= 0.6 is 11.6 Å². The van der Waals surface area contributed by atoms with Crippen LogP contribution in [0.4, 0.5) is 5.82 Å². The molecule has 0 aromatic carbocycles. The summed E-state index contributed by atoms with van der Waals surface area (Å²) in [4.78, 5) is 8.11. The summed E-state index contributed by atoms with van der Waals surface area (Å²) < 4.78 is 0. The molecule has 0 aliphatic carbocycles. The van der Waals surface area contributed by atoms with E-state index in [9.17, 15) is 0 Å². The maximum absolute atomic E-state index is 5.75. The van der Waals surface area contributed by atoms with Crippen molar-refractivity contribution < 1.29 is 0 Å². The first-order valence-corrected chi connectivity index (χ1v) is 4.35. The topological polar surface area (TPSA) is 37.8 Å². The Morgan fingerprint density at radius 2 is 2.31 bits per heavy atom. The molecule has 0 saturated heterocycles. The normalized spacial score (nSPS) is 9.77. The molecule has 0 fully saturated rings. The van der Waals surface area contributed by atoms with Gasteiger partial charge in [0.2, 0.25) is 0 Å². The van der Waals surface area contributed by atoms with E-state index in [2.05, 4.69) is 21.9 Å². The van der Waals surface area contributed by atoms with Crippen LogP contribution in [-0.2, 0) is 0 Å². The first-order chi connectivity index (χ1) is 6.08. The third-order valence-corrected chi connectivity index (χ3v) is 1.57. The van der Waals surface area contributed by atoms with Gasteiger partial charge in [0.15, 0.2) is 0 Å². The Bertz CT molecular complexity index is 302. The van der Waals surface area contributed by atoms with Crippen molar-refractivity contribution in [3.63, 3.8) is 0 Å². The highest BCUT2D eigenvalue weighted by molar-refractivity contribution is 6.29. The molecule has 3 nitrogen and oxygen atoms in total. The zero-order valence-electron chi connectivity index (χ0n) is 7.76. The minimum atomic E-state index is 0.455. The van der Waals surface area contributed by atoms with Crippen LogP contribution in [0.1, 0.15) is 12.7 Å². The highest BCUT2D eigenvalue weighted by atomic mass is 35.5. The van der Waals surface area contributed by atoms with Gasteiger partial charge in [-0.15, -0.1) is 0 Å². The fraction of sp³-hybridized carbons (Fsp3) is 0.333. The molecule has 13 heavy (non-hydrogen) atoms. The van der Waals surface area contributed by atoms with Gasteiger partial charge in [0, 0.05) is 12.6 Å². The van der Waals surface area contributed by atoms with Crippen molar-refractivity contribution in [2.45, 2.75) is 13.8 Å². The average Bonchev–Trinajstić information content (AvgIpc) is 1.99. The molecule has 0 amide bonds. The number of hydrogen-bond acceptors (Lipinski definition) is 3. The quantitative estimate of drug-likeness (QED) is 0.598. The lowest BCUT2D eigenvalue weighted by Gasteiger charge is -2.05. The molecule has 1 aromatic heterocycles. The zero-order chi connectivity index (χ0) is 9.84. The molecule has 1 aromatic rings. The van der Waals surface area contributed by atoms with Crippen LogP contribution in [0.2, 0.25) is 5.15 Å². The molecule has 0 aliphatic rings. The summed E-state index contributed by atoms with van der Waals surface area (Å²) in [5.41, 5.74) is 1.05. The van der Waals surface area contributed by atoms with E-state index in [0.717, 1.165) is 11.4 Å². The van der Waals surface area contributed by atoms with Gasteiger partial charge >= 0.3 is 0 Å². The summed E-state index contributed by atoms with van der Waals surface area (Å²) >= 11 is 5.75. The Kier molecular flexibility index (Phi) is 3.25. The minimum absolute atomic E-state index is 0.455. The van der Waals surface area contributed by atoms with Gasteiger partial charge in [-0.2, -0.15) is 0 Å². The first-order valence-electron chi connectivity index (χ1n) is 3.97. The van der Waals surface area contributed by atoms with Crippen LogP contribution in [0.15, 0.2) is 18.2 Å². The molecule has 0 atom stereocenters. The molecular weight excluding hydrogens is 186 g/mol. The summed E-state index contributed by atoms with van der Waals surface area (Å²) in [6.07, 6.45) is 0. The molecule has 1 rings (SSSR count). The van der Waals surface area contributed by atoms with Crippen LogP contribution in [0.25, 0.3) is 0 Å². The third kappa shape index (κ3) is 3.42. The van der Waals surface area contributed by atoms with E-state index >= 15 is 0 Å². The molecule has 0 bridgehead atoms. The van der Waals surface area contributed by atoms with Crippen molar-refractivity contribution in [3.8, 4) is 0 Å². The van der Waals surface area contributed by atoms with Crippen molar-refractivity contribution in [1.82, 2.24) is 9.97 Å². The molecular formula is C9H12ClN3. The lowest BCUT2D eigenvalue weighted by atomic mass is 10.3. The summed E-state index contributed by atoms with van der Waals surface area (Å²) in [5.74, 6) is 1.40. The number of anilines is 1. The van der Waals surface area contributed by atoms with E-state index < -0.39 is 0 Å². The molecule has 1 N–H and O–H groups in total. The van der Waals surface area contributed by atoms with E-state index in [1.165, 1.54) is 0 Å². The molecule has 0 radical (unpaired) electrons. The van der Waals surface area contributed by atoms with Crippen LogP contribution in [0.5, 0.6) is 0 Å². The highest BCUT2D eigenvalue weighted by Crippen LogP contribution is 2.10. The van der Waals surface area contributed by atoms with Crippen LogP contribution < -0.4 is 5.32 Å². The average molecular weight is 198 g/mol. The largest absolute Gasteiger partial charge is 0.366 e. The molecule has 0 saturated carbocycles. The summed E-state index contributed by atoms with van der Waals surface area (Å²) in [7, 11) is 0. The predicted octanol–water partition coefficient (Wildman–Crippen LogP) is 2.43. The van der Waals surface area contributed by atoms with Crippen molar-refractivity contribution >= 4 is 17.4 Å². The Balaban J connectivity index is 2.71. The Morgan fingerprint density at radius 1 is 1.62 bits per heavy atom. The van der Waals surface area contributed by atoms with Crippen molar-refractivity contribution in [2.75, 3.05) is 11.9 Å². The lowest BCUT2D eigenvalue weighted by Crippen LogP contribution is -2.05. The second kappa shape index (κ2) is 4.23. The molecule has 1 heterocycles. The van der Waals surface area contributed by atoms with Crippen molar-refractivity contribution in [1.29, 1.82) is 0 Å². The fourth-order valence-electron chi connectivity index (χ4n) is 0.863. The van der Waals surface area contributed by atoms with E-state index in [0.29, 0.717) is 17.5 Å². The number of nitrogens with zero attached hydrogens (tertiary/aromatic N) is 2. The number of aromatic nitrogens is 2. The minimum Gasteiger partial charge on any atom is -0.366 e. The first kappa shape index (κ1) is 9.99. The van der Waals surface area contributed by atoms with Gasteiger partial charge in [0.05, 0.1) is 0 Å². The number of halogens is 1. The van der Waals surface area contributed by atoms with Crippen LogP contribution in [0.3, 0.4) is 0 Å². The van der Waals surface area contributed by atoms with Gasteiger partial charge in [-0.25, -0.2) is 9.97 Å². The second-order valence-corrected chi connectivity index (χ2v) is 3.32. The fourth-order valence-corrected chi connectivity index (χ4v) is 1.09. The molecule has 0 aliphatic heterocycles. The van der Waals surface area contributed by atoms with E-state index in [1.54, 1.807) is 13.0 Å². The Hall–Kier alpha value is -1.09. The zero-order valence-corrected chi connectivity index (χ0v) is 8.52. The number of hydrogen-bond donors (Lipinski definition) is 1. The van der Waals surface area contributed by atoms with Crippen LogP contribution in [-0.4, -0.2) is 16.5 Å². The maximum Gasteiger partial charge on any atom is 0.134 e. The highest BCUT2D eigenvalue weighted by Gasteiger charge is 1.98. The standard InChI is InChI=1S/C9H12ClN3/c1-6(2)5-11-9-4-8(10)12-7(3)13-9/h4H,1,5H2,2-3H3,(H,11,12,13). The summed E-state index contributed by atoms with van der Waals surface area (Å²) in [6, 6.07) is 1.69. The molecule has 0 spiro atoms. The van der Waals surface area contributed by atoms with Gasteiger partial charge in [-0.3, -0.25) is 0 Å². The lowest BCUT2D eigenvalue weighted by molar-refractivity contribution is 1.04. The number of aryl methyl sites for hydroxylation is 1. The molecule has 70 valence electrons. The third-order valence-electron chi connectivity index (χ3n) is 1.38. The second-order valence-electron chi connectivity index (χ2n) is 2.93. The van der Waals surface area contributed by atoms with Gasteiger partial charge < -0.3 is 5.32 Å². The predicted molar refractivity (Wildman–Crippen MR) is 55.1 cm³/mol. The number of nitrogens with one attached hydrogen (secondary N) is 1. The monoisotopic (exact) mass is 197 g/mol. The Labute approximate surface area is 82.9 Å². The molecule has 4 heteroatoms. The van der Waals surface area contributed by atoms with Crippen molar-refractivity contribution in [2.24, 2.45) is 0 Å².